The van der Waals surface area contributed by atoms with Gasteiger partial charge in [-0.25, -0.2) is 9.97 Å². The zero-order valence-electron chi connectivity index (χ0n) is 16.6. The number of hydrogen-bond donors (Lipinski definition) is 1. The first-order chi connectivity index (χ1) is 14.5. The standard InChI is InChI=1S/C23H20N4O2S/c1-15-8-6-9-16(2)20(15)25-19(28)14-30-23-26-21-18(12-7-13-24-21)22(29)27(23)17-10-4-3-5-11-17/h3-13H,14H2,1-2H3,(H,25,28). The van der Waals surface area contributed by atoms with Crippen molar-refractivity contribution in [1.29, 1.82) is 0 Å². The van der Waals surface area contributed by atoms with Gasteiger partial charge in [-0.1, -0.05) is 48.2 Å². The van der Waals surface area contributed by atoms with Crippen LogP contribution in [0.25, 0.3) is 16.7 Å². The highest BCUT2D eigenvalue weighted by molar-refractivity contribution is 7.99. The number of benzene rings is 2. The number of rotatable bonds is 5. The summed E-state index contributed by atoms with van der Waals surface area (Å²) in [5.74, 6) is -0.0434. The summed E-state index contributed by atoms with van der Waals surface area (Å²) < 4.78 is 1.53. The normalized spacial score (nSPS) is 10.9. The number of aromatic nitrogens is 3. The molecule has 7 heteroatoms. The molecular formula is C23H20N4O2S. The smallest absolute Gasteiger partial charge is 0.268 e. The van der Waals surface area contributed by atoms with Crippen molar-refractivity contribution in [2.75, 3.05) is 11.1 Å². The molecule has 0 bridgehead atoms. The third-order valence-electron chi connectivity index (χ3n) is 4.71. The first kappa shape index (κ1) is 19.8. The van der Waals surface area contributed by atoms with Crippen LogP contribution < -0.4 is 10.9 Å². The van der Waals surface area contributed by atoms with E-state index < -0.39 is 0 Å². The molecule has 0 aliphatic heterocycles. The number of aryl methyl sites for hydroxylation is 2. The second-order valence-electron chi connectivity index (χ2n) is 6.85. The molecule has 1 N–H and O–H groups in total. The highest BCUT2D eigenvalue weighted by atomic mass is 32.2. The molecule has 4 aromatic rings. The molecule has 0 aliphatic carbocycles. The maximum absolute atomic E-state index is 13.1. The summed E-state index contributed by atoms with van der Waals surface area (Å²) in [6.45, 7) is 3.92. The van der Waals surface area contributed by atoms with E-state index in [2.05, 4.69) is 15.3 Å². The fourth-order valence-electron chi connectivity index (χ4n) is 3.22. The second kappa shape index (κ2) is 8.51. The number of nitrogens with zero attached hydrogens (tertiary/aromatic N) is 3. The minimum absolute atomic E-state index is 0.116. The van der Waals surface area contributed by atoms with E-state index in [1.165, 1.54) is 16.3 Å². The van der Waals surface area contributed by atoms with Gasteiger partial charge in [0.1, 0.15) is 0 Å². The summed E-state index contributed by atoms with van der Waals surface area (Å²) in [5, 5.41) is 3.83. The first-order valence-corrected chi connectivity index (χ1v) is 10.5. The molecule has 0 saturated heterocycles. The predicted octanol–water partition coefficient (Wildman–Crippen LogP) is 4.13. The van der Waals surface area contributed by atoms with Crippen molar-refractivity contribution < 1.29 is 4.79 Å². The van der Waals surface area contributed by atoms with E-state index in [-0.39, 0.29) is 17.2 Å². The van der Waals surface area contributed by atoms with Crippen LogP contribution in [0, 0.1) is 13.8 Å². The molecule has 1 amide bonds. The Morgan fingerprint density at radius 2 is 1.73 bits per heavy atom. The Morgan fingerprint density at radius 1 is 1.00 bits per heavy atom. The Hall–Kier alpha value is -3.45. The fourth-order valence-corrected chi connectivity index (χ4v) is 4.02. The molecule has 4 rings (SSSR count). The summed E-state index contributed by atoms with van der Waals surface area (Å²) >= 11 is 1.21. The van der Waals surface area contributed by atoms with Gasteiger partial charge in [0, 0.05) is 11.9 Å². The minimum Gasteiger partial charge on any atom is -0.325 e. The molecule has 0 radical (unpaired) electrons. The van der Waals surface area contributed by atoms with E-state index in [1.807, 2.05) is 62.4 Å². The third-order valence-corrected chi connectivity index (χ3v) is 5.64. The van der Waals surface area contributed by atoms with E-state index in [0.29, 0.717) is 21.9 Å². The third kappa shape index (κ3) is 3.97. The van der Waals surface area contributed by atoms with Gasteiger partial charge in [0.05, 0.1) is 16.8 Å². The zero-order chi connectivity index (χ0) is 21.1. The van der Waals surface area contributed by atoms with Crippen molar-refractivity contribution in [3.8, 4) is 5.69 Å². The Balaban J connectivity index is 1.67. The van der Waals surface area contributed by atoms with Crippen LogP contribution >= 0.6 is 11.8 Å². The maximum atomic E-state index is 13.1. The van der Waals surface area contributed by atoms with E-state index in [0.717, 1.165) is 16.8 Å². The number of anilines is 1. The second-order valence-corrected chi connectivity index (χ2v) is 7.79. The Bertz CT molecular complexity index is 1270. The van der Waals surface area contributed by atoms with Crippen molar-refractivity contribution in [3.05, 3.63) is 88.3 Å². The summed E-state index contributed by atoms with van der Waals surface area (Å²) in [4.78, 5) is 34.5. The monoisotopic (exact) mass is 416 g/mol. The molecule has 30 heavy (non-hydrogen) atoms. The van der Waals surface area contributed by atoms with Gasteiger partial charge < -0.3 is 5.32 Å². The fraction of sp³-hybridized carbons (Fsp3) is 0.130. The largest absolute Gasteiger partial charge is 0.325 e. The predicted molar refractivity (Wildman–Crippen MR) is 120 cm³/mol. The summed E-state index contributed by atoms with van der Waals surface area (Å²) in [6, 6.07) is 18.6. The van der Waals surface area contributed by atoms with Gasteiger partial charge in [0.15, 0.2) is 10.8 Å². The number of carbonyl (C=O) groups is 1. The first-order valence-electron chi connectivity index (χ1n) is 9.46. The Labute approximate surface area is 178 Å². The molecule has 0 aliphatic rings. The number of pyridine rings is 1. The summed E-state index contributed by atoms with van der Waals surface area (Å²) in [6.07, 6.45) is 1.60. The minimum atomic E-state index is -0.211. The van der Waals surface area contributed by atoms with Gasteiger partial charge in [-0.05, 0) is 49.2 Å². The van der Waals surface area contributed by atoms with Gasteiger partial charge >= 0.3 is 0 Å². The van der Waals surface area contributed by atoms with Crippen molar-refractivity contribution in [2.45, 2.75) is 19.0 Å². The van der Waals surface area contributed by atoms with Crippen molar-refractivity contribution in [3.63, 3.8) is 0 Å². The summed E-state index contributed by atoms with van der Waals surface area (Å²) in [7, 11) is 0. The maximum Gasteiger partial charge on any atom is 0.268 e. The number of para-hydroxylation sites is 2. The molecule has 2 heterocycles. The SMILES string of the molecule is Cc1cccc(C)c1NC(=O)CSc1nc2ncccc2c(=O)n1-c1ccccc1. The number of fused-ring (bicyclic) bond motifs is 1. The Morgan fingerprint density at radius 3 is 2.47 bits per heavy atom. The van der Waals surface area contributed by atoms with Gasteiger partial charge in [-0.3, -0.25) is 14.2 Å². The van der Waals surface area contributed by atoms with Gasteiger partial charge in [-0.2, -0.15) is 0 Å². The molecule has 0 atom stereocenters. The molecule has 0 fully saturated rings. The van der Waals surface area contributed by atoms with Gasteiger partial charge in [0.25, 0.3) is 5.56 Å². The molecule has 0 spiro atoms. The quantitative estimate of drug-likeness (QED) is 0.391. The molecule has 6 nitrogen and oxygen atoms in total. The van der Waals surface area contributed by atoms with Crippen molar-refractivity contribution in [1.82, 2.24) is 14.5 Å². The Kier molecular flexibility index (Phi) is 5.63. The number of nitrogens with one attached hydrogen (secondary N) is 1. The summed E-state index contributed by atoms with van der Waals surface area (Å²) in [5.41, 5.74) is 3.67. The van der Waals surface area contributed by atoms with Crippen LogP contribution in [0.1, 0.15) is 11.1 Å². The van der Waals surface area contributed by atoms with Crippen LogP contribution in [0.3, 0.4) is 0 Å². The van der Waals surface area contributed by atoms with Crippen LogP contribution in [-0.4, -0.2) is 26.2 Å². The van der Waals surface area contributed by atoms with Crippen LogP contribution in [0.5, 0.6) is 0 Å². The van der Waals surface area contributed by atoms with E-state index >= 15 is 0 Å². The van der Waals surface area contributed by atoms with Crippen LogP contribution in [0.15, 0.2) is 76.8 Å². The lowest BCUT2D eigenvalue weighted by Crippen LogP contribution is -2.23. The van der Waals surface area contributed by atoms with E-state index in [9.17, 15) is 9.59 Å². The lowest BCUT2D eigenvalue weighted by Gasteiger charge is -2.14. The van der Waals surface area contributed by atoms with Crippen LogP contribution in [0.2, 0.25) is 0 Å². The van der Waals surface area contributed by atoms with Crippen LogP contribution in [-0.2, 0) is 4.79 Å². The van der Waals surface area contributed by atoms with Crippen LogP contribution in [0.4, 0.5) is 5.69 Å². The van der Waals surface area contributed by atoms with E-state index in [1.54, 1.807) is 18.3 Å². The highest BCUT2D eigenvalue weighted by Crippen LogP contribution is 2.23. The average molecular weight is 417 g/mol. The lowest BCUT2D eigenvalue weighted by atomic mass is 10.1. The van der Waals surface area contributed by atoms with E-state index in [4.69, 9.17) is 0 Å². The van der Waals surface area contributed by atoms with Crippen molar-refractivity contribution in [2.24, 2.45) is 0 Å². The highest BCUT2D eigenvalue weighted by Gasteiger charge is 2.16. The average Bonchev–Trinajstić information content (AvgIpc) is 2.76. The molecule has 2 aromatic heterocycles. The molecule has 150 valence electrons. The van der Waals surface area contributed by atoms with Crippen molar-refractivity contribution >= 4 is 34.4 Å². The molecular weight excluding hydrogens is 396 g/mol. The molecule has 0 unspecified atom stereocenters. The number of hydrogen-bond acceptors (Lipinski definition) is 5. The molecule has 0 saturated carbocycles. The lowest BCUT2D eigenvalue weighted by molar-refractivity contribution is -0.113. The topological polar surface area (TPSA) is 76.9 Å². The zero-order valence-corrected chi connectivity index (χ0v) is 17.4. The molecule has 2 aromatic carbocycles. The number of amides is 1. The number of carbonyl (C=O) groups excluding carboxylic acids is 1. The van der Waals surface area contributed by atoms with Gasteiger partial charge in [-0.15, -0.1) is 0 Å². The van der Waals surface area contributed by atoms with Gasteiger partial charge in [0.2, 0.25) is 5.91 Å². The number of thioether (sulfide) groups is 1.